The first-order chi connectivity index (χ1) is 6.02. The maximum atomic E-state index is 11.0. The van der Waals surface area contributed by atoms with Crippen LogP contribution in [0.4, 0.5) is 0 Å². The summed E-state index contributed by atoms with van der Waals surface area (Å²) in [7, 11) is -4.18. The topological polar surface area (TPSA) is 63.2 Å². The van der Waals surface area contributed by atoms with Crippen LogP contribution in [-0.4, -0.2) is 42.3 Å². The fourth-order valence-electron chi connectivity index (χ4n) is 0.629. The SMILES string of the molecule is CCS(=O)CCNS(=O)(=O)CCCl. The summed E-state index contributed by atoms with van der Waals surface area (Å²) in [5.41, 5.74) is 0. The van der Waals surface area contributed by atoms with Crippen molar-refractivity contribution in [2.45, 2.75) is 6.92 Å². The van der Waals surface area contributed by atoms with Gasteiger partial charge in [0.2, 0.25) is 10.0 Å². The van der Waals surface area contributed by atoms with E-state index < -0.39 is 20.8 Å². The molecule has 0 aliphatic carbocycles. The Hall–Kier alpha value is 0.350. The van der Waals surface area contributed by atoms with Crippen molar-refractivity contribution in [3.63, 3.8) is 0 Å². The van der Waals surface area contributed by atoms with E-state index >= 15 is 0 Å². The van der Waals surface area contributed by atoms with E-state index in [2.05, 4.69) is 4.72 Å². The first-order valence-electron chi connectivity index (χ1n) is 3.90. The van der Waals surface area contributed by atoms with Gasteiger partial charge in [-0.25, -0.2) is 13.1 Å². The average molecular weight is 248 g/mol. The summed E-state index contributed by atoms with van der Waals surface area (Å²) < 4.78 is 35.2. The molecule has 4 nitrogen and oxygen atoms in total. The molecule has 0 spiro atoms. The highest BCUT2D eigenvalue weighted by atomic mass is 35.5. The summed E-state index contributed by atoms with van der Waals surface area (Å²) in [5.74, 6) is 0.898. The van der Waals surface area contributed by atoms with Crippen molar-refractivity contribution in [3.05, 3.63) is 0 Å². The molecule has 0 aliphatic rings. The molecule has 0 bridgehead atoms. The van der Waals surface area contributed by atoms with Gasteiger partial charge in [-0.15, -0.1) is 11.6 Å². The summed E-state index contributed by atoms with van der Waals surface area (Å²) in [6, 6.07) is 0. The molecule has 0 aromatic rings. The predicted octanol–water partition coefficient (Wildman–Crippen LogP) is -0.0868. The zero-order chi connectivity index (χ0) is 10.3. The van der Waals surface area contributed by atoms with Crippen molar-refractivity contribution in [2.24, 2.45) is 0 Å². The molecule has 7 heteroatoms. The molecule has 0 fully saturated rings. The number of nitrogens with one attached hydrogen (secondary N) is 1. The van der Waals surface area contributed by atoms with E-state index in [9.17, 15) is 12.6 Å². The molecule has 0 radical (unpaired) electrons. The lowest BCUT2D eigenvalue weighted by Crippen LogP contribution is -2.30. The van der Waals surface area contributed by atoms with Gasteiger partial charge < -0.3 is 0 Å². The molecule has 0 rings (SSSR count). The molecule has 1 N–H and O–H groups in total. The Morgan fingerprint density at radius 2 is 2.08 bits per heavy atom. The summed E-state index contributed by atoms with van der Waals surface area (Å²) in [4.78, 5) is 0. The first kappa shape index (κ1) is 13.4. The van der Waals surface area contributed by atoms with Crippen LogP contribution in [0.5, 0.6) is 0 Å². The van der Waals surface area contributed by atoms with Gasteiger partial charge in [0, 0.05) is 34.7 Å². The Labute approximate surface area is 86.6 Å². The molecule has 1 atom stereocenters. The molecule has 1 unspecified atom stereocenters. The summed E-state index contributed by atoms with van der Waals surface area (Å²) in [6.45, 7) is 2.02. The Bertz CT molecular complexity index is 253. The van der Waals surface area contributed by atoms with Gasteiger partial charge in [0.15, 0.2) is 0 Å². The quantitative estimate of drug-likeness (QED) is 0.640. The van der Waals surface area contributed by atoms with Gasteiger partial charge in [-0.05, 0) is 0 Å². The van der Waals surface area contributed by atoms with Gasteiger partial charge in [-0.2, -0.15) is 0 Å². The van der Waals surface area contributed by atoms with Gasteiger partial charge in [0.05, 0.1) is 5.75 Å². The summed E-state index contributed by atoms with van der Waals surface area (Å²) >= 11 is 5.28. The number of rotatable bonds is 7. The Kier molecular flexibility index (Phi) is 6.93. The standard InChI is InChI=1S/C6H14ClNO3S2/c1-2-12(9)5-4-8-13(10,11)6-3-7/h8H,2-6H2,1H3. The third-order valence-electron chi connectivity index (χ3n) is 1.32. The van der Waals surface area contributed by atoms with Crippen LogP contribution in [0.2, 0.25) is 0 Å². The van der Waals surface area contributed by atoms with E-state index in [-0.39, 0.29) is 18.2 Å². The molecule has 0 saturated heterocycles. The van der Waals surface area contributed by atoms with Gasteiger partial charge in [0.1, 0.15) is 0 Å². The lowest BCUT2D eigenvalue weighted by atomic mass is 10.8. The van der Waals surface area contributed by atoms with Crippen molar-refractivity contribution in [1.29, 1.82) is 0 Å². The number of alkyl halides is 1. The van der Waals surface area contributed by atoms with Crippen LogP contribution in [0.1, 0.15) is 6.92 Å². The summed E-state index contributed by atoms with van der Waals surface area (Å²) in [5, 5.41) is 0. The van der Waals surface area contributed by atoms with Crippen molar-refractivity contribution in [2.75, 3.05) is 29.7 Å². The molecule has 0 amide bonds. The fourth-order valence-corrected chi connectivity index (χ4v) is 2.75. The normalized spacial score (nSPS) is 14.3. The number of sulfonamides is 1. The van der Waals surface area contributed by atoms with Crippen LogP contribution in [-0.2, 0) is 20.8 Å². The van der Waals surface area contributed by atoms with Crippen LogP contribution in [0.15, 0.2) is 0 Å². The number of hydrogen-bond donors (Lipinski definition) is 1. The van der Waals surface area contributed by atoms with Crippen molar-refractivity contribution >= 4 is 32.4 Å². The molecule has 13 heavy (non-hydrogen) atoms. The smallest absolute Gasteiger partial charge is 0.212 e. The molecular formula is C6H14ClNO3S2. The minimum absolute atomic E-state index is 0.0756. The molecule has 0 aromatic heterocycles. The maximum absolute atomic E-state index is 11.0. The fraction of sp³-hybridized carbons (Fsp3) is 1.00. The molecule has 0 saturated carbocycles. The summed E-state index contributed by atoms with van der Waals surface area (Å²) in [6.07, 6.45) is 0. The lowest BCUT2D eigenvalue weighted by Gasteiger charge is -2.03. The van der Waals surface area contributed by atoms with Crippen LogP contribution in [0.25, 0.3) is 0 Å². The van der Waals surface area contributed by atoms with Crippen LogP contribution in [0.3, 0.4) is 0 Å². The lowest BCUT2D eigenvalue weighted by molar-refractivity contribution is 0.585. The Morgan fingerprint density at radius 1 is 1.46 bits per heavy atom. The molecule has 0 aliphatic heterocycles. The van der Waals surface area contributed by atoms with Gasteiger partial charge in [-0.3, -0.25) is 4.21 Å². The molecule has 80 valence electrons. The van der Waals surface area contributed by atoms with Gasteiger partial charge in [0.25, 0.3) is 0 Å². The Balaban J connectivity index is 3.70. The van der Waals surface area contributed by atoms with Crippen LogP contribution in [0, 0.1) is 0 Å². The van der Waals surface area contributed by atoms with Crippen LogP contribution < -0.4 is 4.72 Å². The zero-order valence-electron chi connectivity index (χ0n) is 7.45. The first-order valence-corrected chi connectivity index (χ1v) is 7.57. The average Bonchev–Trinajstić information content (AvgIpc) is 2.03. The van der Waals surface area contributed by atoms with E-state index in [0.29, 0.717) is 11.5 Å². The van der Waals surface area contributed by atoms with Gasteiger partial charge in [-0.1, -0.05) is 6.92 Å². The van der Waals surface area contributed by atoms with E-state index in [1.165, 1.54) is 0 Å². The molecule has 0 aromatic carbocycles. The molecular weight excluding hydrogens is 234 g/mol. The van der Waals surface area contributed by atoms with E-state index in [4.69, 9.17) is 11.6 Å². The van der Waals surface area contributed by atoms with Crippen molar-refractivity contribution < 1.29 is 12.6 Å². The Morgan fingerprint density at radius 3 is 2.54 bits per heavy atom. The van der Waals surface area contributed by atoms with Crippen molar-refractivity contribution in [1.82, 2.24) is 4.72 Å². The third kappa shape index (κ3) is 7.42. The monoisotopic (exact) mass is 247 g/mol. The molecule has 0 heterocycles. The second-order valence-electron chi connectivity index (χ2n) is 2.33. The van der Waals surface area contributed by atoms with Crippen molar-refractivity contribution in [3.8, 4) is 0 Å². The third-order valence-corrected chi connectivity index (χ3v) is 4.42. The number of halogens is 1. The number of hydrogen-bond acceptors (Lipinski definition) is 3. The minimum atomic E-state index is -3.25. The largest absolute Gasteiger partial charge is 0.260 e. The van der Waals surface area contributed by atoms with E-state index in [1.54, 1.807) is 6.92 Å². The predicted molar refractivity (Wildman–Crippen MR) is 56.1 cm³/mol. The second-order valence-corrected chi connectivity index (χ2v) is 6.50. The second kappa shape index (κ2) is 6.75. The van der Waals surface area contributed by atoms with E-state index in [1.807, 2.05) is 0 Å². The highest BCUT2D eigenvalue weighted by Crippen LogP contribution is 1.87. The minimum Gasteiger partial charge on any atom is -0.260 e. The van der Waals surface area contributed by atoms with Gasteiger partial charge >= 0.3 is 0 Å². The maximum Gasteiger partial charge on any atom is 0.212 e. The van der Waals surface area contributed by atoms with Crippen LogP contribution >= 0.6 is 11.6 Å². The van der Waals surface area contributed by atoms with E-state index in [0.717, 1.165) is 0 Å². The highest BCUT2D eigenvalue weighted by Gasteiger charge is 2.08. The highest BCUT2D eigenvalue weighted by molar-refractivity contribution is 7.89. The zero-order valence-corrected chi connectivity index (χ0v) is 9.84.